The van der Waals surface area contributed by atoms with Gasteiger partial charge in [-0.2, -0.15) is 0 Å². The molecule has 116 valence electrons. The van der Waals surface area contributed by atoms with Crippen molar-refractivity contribution in [3.05, 3.63) is 24.7 Å². The Hall–Kier alpha value is -2.17. The fraction of sp³-hybridized carbons (Fsp3) is 0.471. The Morgan fingerprint density at radius 1 is 1.32 bits per heavy atom. The first kappa shape index (κ1) is 14.8. The molecule has 0 unspecified atom stereocenters. The zero-order valence-corrected chi connectivity index (χ0v) is 13.3. The molecule has 0 aliphatic carbocycles. The second kappa shape index (κ2) is 5.55. The van der Waals surface area contributed by atoms with Crippen LogP contribution in [0.2, 0.25) is 0 Å². The maximum atomic E-state index is 12.6. The molecule has 2 aromatic rings. The number of carbonyl (C=O) groups excluding carboxylic acids is 1. The number of anilines is 1. The predicted molar refractivity (Wildman–Crippen MR) is 86.1 cm³/mol. The lowest BCUT2D eigenvalue weighted by molar-refractivity contribution is -0.117. The van der Waals surface area contributed by atoms with Crippen molar-refractivity contribution in [2.75, 3.05) is 18.6 Å². The molecule has 0 spiro atoms. The molecule has 1 fully saturated rings. The van der Waals surface area contributed by atoms with Gasteiger partial charge in [-0.25, -0.2) is 9.97 Å². The van der Waals surface area contributed by atoms with E-state index in [-0.39, 0.29) is 11.3 Å². The van der Waals surface area contributed by atoms with E-state index in [0.717, 1.165) is 36.0 Å². The third-order valence-corrected chi connectivity index (χ3v) is 4.92. The minimum atomic E-state index is 0.0737. The number of benzene rings is 1. The van der Waals surface area contributed by atoms with Crippen LogP contribution in [0.3, 0.4) is 0 Å². The topological polar surface area (TPSA) is 55.3 Å². The fourth-order valence-electron chi connectivity index (χ4n) is 3.21. The molecular formula is C17H21N3O2. The molecule has 3 rings (SSSR count). The van der Waals surface area contributed by atoms with Gasteiger partial charge in [-0.15, -0.1) is 0 Å². The molecule has 1 aliphatic rings. The van der Waals surface area contributed by atoms with Crippen molar-refractivity contribution in [1.82, 2.24) is 9.97 Å². The summed E-state index contributed by atoms with van der Waals surface area (Å²) in [7, 11) is 1.62. The van der Waals surface area contributed by atoms with Gasteiger partial charge < -0.3 is 9.64 Å². The summed E-state index contributed by atoms with van der Waals surface area (Å²) in [4.78, 5) is 22.7. The van der Waals surface area contributed by atoms with Gasteiger partial charge >= 0.3 is 0 Å². The van der Waals surface area contributed by atoms with Gasteiger partial charge in [0.2, 0.25) is 5.91 Å². The first-order valence-corrected chi connectivity index (χ1v) is 7.70. The van der Waals surface area contributed by atoms with Crippen LogP contribution in [-0.2, 0) is 4.79 Å². The molecule has 5 heteroatoms. The van der Waals surface area contributed by atoms with Crippen LogP contribution in [0.1, 0.15) is 33.1 Å². The summed E-state index contributed by atoms with van der Waals surface area (Å²) < 4.78 is 5.50. The third kappa shape index (κ3) is 2.30. The molecule has 0 saturated carbocycles. The zero-order valence-electron chi connectivity index (χ0n) is 13.3. The van der Waals surface area contributed by atoms with Crippen LogP contribution >= 0.6 is 0 Å². The molecule has 1 amide bonds. The number of hydrogen-bond donors (Lipinski definition) is 0. The normalized spacial score (nSPS) is 17.2. The molecule has 22 heavy (non-hydrogen) atoms. The number of aromatic nitrogens is 2. The summed E-state index contributed by atoms with van der Waals surface area (Å²) in [5, 5.41) is 0.914. The van der Waals surface area contributed by atoms with Crippen molar-refractivity contribution in [2.24, 2.45) is 5.41 Å². The van der Waals surface area contributed by atoms with Crippen molar-refractivity contribution in [1.29, 1.82) is 0 Å². The van der Waals surface area contributed by atoms with Crippen molar-refractivity contribution < 1.29 is 9.53 Å². The number of hydrogen-bond acceptors (Lipinski definition) is 4. The Bertz CT molecular complexity index is 710. The molecule has 2 heterocycles. The van der Waals surface area contributed by atoms with Gasteiger partial charge in [-0.1, -0.05) is 13.8 Å². The molecule has 1 aromatic carbocycles. The highest BCUT2D eigenvalue weighted by Crippen LogP contribution is 2.43. The maximum Gasteiger partial charge on any atom is 0.227 e. The number of amides is 1. The Balaban J connectivity index is 2.07. The molecule has 0 N–H and O–H groups in total. The lowest BCUT2D eigenvalue weighted by Gasteiger charge is -2.26. The van der Waals surface area contributed by atoms with Gasteiger partial charge in [0.25, 0.3) is 0 Å². The number of carbonyl (C=O) groups is 1. The number of rotatable bonds is 4. The molecule has 1 aliphatic heterocycles. The van der Waals surface area contributed by atoms with E-state index in [1.54, 1.807) is 13.3 Å². The molecule has 0 radical (unpaired) electrons. The number of nitrogens with zero attached hydrogens (tertiary/aromatic N) is 3. The third-order valence-electron chi connectivity index (χ3n) is 4.92. The van der Waals surface area contributed by atoms with E-state index in [9.17, 15) is 4.79 Å². The van der Waals surface area contributed by atoms with Gasteiger partial charge in [0.05, 0.1) is 18.3 Å². The highest BCUT2D eigenvalue weighted by molar-refractivity contribution is 6.00. The Morgan fingerprint density at radius 2 is 2.09 bits per heavy atom. The quantitative estimate of drug-likeness (QED) is 0.870. The highest BCUT2D eigenvalue weighted by Gasteiger charge is 2.41. The first-order chi connectivity index (χ1) is 10.6. The Kier molecular flexibility index (Phi) is 3.72. The smallest absolute Gasteiger partial charge is 0.227 e. The molecule has 5 nitrogen and oxygen atoms in total. The van der Waals surface area contributed by atoms with Crippen molar-refractivity contribution in [3.63, 3.8) is 0 Å². The number of methoxy groups -OCH3 is 1. The summed E-state index contributed by atoms with van der Waals surface area (Å²) in [5.74, 6) is 0.848. The van der Waals surface area contributed by atoms with E-state index in [1.165, 1.54) is 6.33 Å². The number of fused-ring (bicyclic) bond motifs is 1. The largest absolute Gasteiger partial charge is 0.494 e. The maximum absolute atomic E-state index is 12.6. The van der Waals surface area contributed by atoms with Crippen molar-refractivity contribution in [3.8, 4) is 5.75 Å². The minimum absolute atomic E-state index is 0.0737. The summed E-state index contributed by atoms with van der Waals surface area (Å²) in [5.41, 5.74) is 1.71. The summed E-state index contributed by atoms with van der Waals surface area (Å²) in [6.45, 7) is 5.06. The Labute approximate surface area is 130 Å². The summed E-state index contributed by atoms with van der Waals surface area (Å²) in [6.07, 6.45) is 5.89. The second-order valence-corrected chi connectivity index (χ2v) is 5.97. The molecule has 0 atom stereocenters. The van der Waals surface area contributed by atoms with Gasteiger partial charge in [-0.3, -0.25) is 4.79 Å². The summed E-state index contributed by atoms with van der Waals surface area (Å²) >= 11 is 0. The summed E-state index contributed by atoms with van der Waals surface area (Å²) in [6, 6.07) is 3.82. The van der Waals surface area contributed by atoms with E-state index in [2.05, 4.69) is 23.8 Å². The first-order valence-electron chi connectivity index (χ1n) is 7.70. The van der Waals surface area contributed by atoms with Crippen molar-refractivity contribution in [2.45, 2.75) is 33.1 Å². The van der Waals surface area contributed by atoms with E-state index >= 15 is 0 Å². The van der Waals surface area contributed by atoms with E-state index < -0.39 is 0 Å². The average molecular weight is 299 g/mol. The van der Waals surface area contributed by atoms with E-state index in [4.69, 9.17) is 4.74 Å². The fourth-order valence-corrected chi connectivity index (χ4v) is 3.21. The van der Waals surface area contributed by atoms with Crippen LogP contribution in [0.15, 0.2) is 24.7 Å². The molecular weight excluding hydrogens is 278 g/mol. The lowest BCUT2D eigenvalue weighted by atomic mass is 9.82. The van der Waals surface area contributed by atoms with Crippen LogP contribution in [0.4, 0.5) is 5.69 Å². The second-order valence-electron chi connectivity index (χ2n) is 5.97. The SMILES string of the molecule is CCC1(CC)CC(=O)N(c2cc3cncnc3cc2OC)C1. The molecule has 0 bridgehead atoms. The van der Waals surface area contributed by atoms with Crippen LogP contribution in [0.5, 0.6) is 5.75 Å². The standard InChI is InChI=1S/C17H21N3O2/c1-4-17(5-2)8-16(21)20(10-17)14-6-12-9-18-11-19-13(12)7-15(14)22-3/h6-7,9,11H,4-5,8,10H2,1-3H3. The molecule has 1 saturated heterocycles. The van der Waals surface area contributed by atoms with Gasteiger partial charge in [0, 0.05) is 30.6 Å². The van der Waals surface area contributed by atoms with Crippen molar-refractivity contribution >= 4 is 22.5 Å². The average Bonchev–Trinajstić information content (AvgIpc) is 2.91. The molecule has 1 aromatic heterocycles. The van der Waals surface area contributed by atoms with Gasteiger partial charge in [0.15, 0.2) is 0 Å². The van der Waals surface area contributed by atoms with Crippen LogP contribution < -0.4 is 9.64 Å². The predicted octanol–water partition coefficient (Wildman–Crippen LogP) is 3.18. The van der Waals surface area contributed by atoms with Crippen LogP contribution in [0.25, 0.3) is 10.9 Å². The van der Waals surface area contributed by atoms with Crippen LogP contribution in [0, 0.1) is 5.41 Å². The highest BCUT2D eigenvalue weighted by atomic mass is 16.5. The van der Waals surface area contributed by atoms with E-state index in [0.29, 0.717) is 12.2 Å². The number of ether oxygens (including phenoxy) is 1. The zero-order chi connectivity index (χ0) is 15.7. The Morgan fingerprint density at radius 3 is 2.73 bits per heavy atom. The minimum Gasteiger partial charge on any atom is -0.494 e. The van der Waals surface area contributed by atoms with Crippen LogP contribution in [-0.4, -0.2) is 29.5 Å². The lowest BCUT2D eigenvalue weighted by Crippen LogP contribution is -2.28. The monoisotopic (exact) mass is 299 g/mol. The van der Waals surface area contributed by atoms with E-state index in [1.807, 2.05) is 17.0 Å². The van der Waals surface area contributed by atoms with Gasteiger partial charge in [-0.05, 0) is 24.3 Å². The van der Waals surface area contributed by atoms with Gasteiger partial charge in [0.1, 0.15) is 12.1 Å².